The Labute approximate surface area is 115 Å². The molecule has 0 aliphatic carbocycles. The Morgan fingerprint density at radius 2 is 2.16 bits per heavy atom. The number of nitrogens with zero attached hydrogens (tertiary/aromatic N) is 2. The summed E-state index contributed by atoms with van der Waals surface area (Å²) in [5.74, 6) is 1.20. The van der Waals surface area contributed by atoms with E-state index in [4.69, 9.17) is 20.9 Å². The van der Waals surface area contributed by atoms with Crippen LogP contribution in [0.15, 0.2) is 28.8 Å². The van der Waals surface area contributed by atoms with Gasteiger partial charge >= 0.3 is 0 Å². The van der Waals surface area contributed by atoms with E-state index in [1.165, 1.54) is 0 Å². The van der Waals surface area contributed by atoms with Crippen molar-refractivity contribution < 1.29 is 9.26 Å². The molecular formula is C13H14ClN3O2. The molecule has 1 aliphatic rings. The van der Waals surface area contributed by atoms with Crippen molar-refractivity contribution in [2.75, 3.05) is 19.7 Å². The average molecular weight is 280 g/mol. The molecule has 1 fully saturated rings. The first kappa shape index (κ1) is 12.6. The van der Waals surface area contributed by atoms with Gasteiger partial charge in [0.25, 0.3) is 5.89 Å². The standard InChI is InChI=1S/C13H14ClN3O2/c14-10-3-1-9(2-4-10)7-12-16-13(19-17-12)11-8-15-5-6-18-11/h1-4,11,15H,5-8H2/t11-/m1/s1. The van der Waals surface area contributed by atoms with Gasteiger partial charge in [-0.15, -0.1) is 0 Å². The zero-order chi connectivity index (χ0) is 13.1. The number of morpholine rings is 1. The van der Waals surface area contributed by atoms with Gasteiger partial charge in [-0.05, 0) is 17.7 Å². The molecule has 5 nitrogen and oxygen atoms in total. The number of benzene rings is 1. The lowest BCUT2D eigenvalue weighted by Crippen LogP contribution is -2.33. The minimum atomic E-state index is -0.139. The van der Waals surface area contributed by atoms with E-state index in [0.717, 1.165) is 17.1 Å². The van der Waals surface area contributed by atoms with Crippen LogP contribution in [0.5, 0.6) is 0 Å². The van der Waals surface area contributed by atoms with E-state index in [1.54, 1.807) is 0 Å². The third kappa shape index (κ3) is 3.12. The molecule has 2 heterocycles. The van der Waals surface area contributed by atoms with Crippen molar-refractivity contribution in [3.05, 3.63) is 46.6 Å². The lowest BCUT2D eigenvalue weighted by molar-refractivity contribution is 0.00755. The molecule has 0 amide bonds. The molecule has 1 N–H and O–H groups in total. The summed E-state index contributed by atoms with van der Waals surface area (Å²) in [6.45, 7) is 2.24. The van der Waals surface area contributed by atoms with Gasteiger partial charge in [-0.3, -0.25) is 0 Å². The monoisotopic (exact) mass is 279 g/mol. The van der Waals surface area contributed by atoms with Gasteiger partial charge in [0.05, 0.1) is 6.61 Å². The summed E-state index contributed by atoms with van der Waals surface area (Å²) in [6.07, 6.45) is 0.487. The molecule has 0 bridgehead atoms. The molecule has 1 aliphatic heterocycles. The maximum absolute atomic E-state index is 5.85. The lowest BCUT2D eigenvalue weighted by Gasteiger charge is -2.19. The topological polar surface area (TPSA) is 60.2 Å². The molecule has 0 radical (unpaired) electrons. The molecule has 1 aromatic carbocycles. The Morgan fingerprint density at radius 1 is 1.32 bits per heavy atom. The van der Waals surface area contributed by atoms with E-state index in [0.29, 0.717) is 31.3 Å². The maximum atomic E-state index is 5.85. The summed E-state index contributed by atoms with van der Waals surface area (Å²) in [5.41, 5.74) is 1.10. The van der Waals surface area contributed by atoms with Crippen LogP contribution in [-0.4, -0.2) is 29.8 Å². The predicted molar refractivity (Wildman–Crippen MR) is 70.1 cm³/mol. The van der Waals surface area contributed by atoms with Gasteiger partial charge in [-0.25, -0.2) is 0 Å². The summed E-state index contributed by atoms with van der Waals surface area (Å²) in [4.78, 5) is 4.38. The second kappa shape index (κ2) is 5.69. The first-order valence-corrected chi connectivity index (χ1v) is 6.58. The largest absolute Gasteiger partial charge is 0.366 e. The van der Waals surface area contributed by atoms with Crippen LogP contribution in [0.25, 0.3) is 0 Å². The van der Waals surface area contributed by atoms with Crippen molar-refractivity contribution in [1.82, 2.24) is 15.5 Å². The van der Waals surface area contributed by atoms with Gasteiger partial charge in [0, 0.05) is 24.5 Å². The molecule has 6 heteroatoms. The first-order chi connectivity index (χ1) is 9.31. The molecule has 0 saturated carbocycles. The van der Waals surface area contributed by atoms with E-state index in [9.17, 15) is 0 Å². The molecule has 100 valence electrons. The molecule has 2 aromatic rings. The number of hydrogen-bond donors (Lipinski definition) is 1. The third-order valence-corrected chi connectivity index (χ3v) is 3.21. The minimum Gasteiger partial charge on any atom is -0.366 e. The second-order valence-electron chi connectivity index (χ2n) is 4.42. The summed E-state index contributed by atoms with van der Waals surface area (Å²) >= 11 is 5.85. The van der Waals surface area contributed by atoms with Crippen LogP contribution < -0.4 is 5.32 Å². The van der Waals surface area contributed by atoms with E-state index in [-0.39, 0.29) is 6.10 Å². The van der Waals surface area contributed by atoms with Crippen molar-refractivity contribution in [2.24, 2.45) is 0 Å². The SMILES string of the molecule is Clc1ccc(Cc2noc([C@H]3CNCCO3)n2)cc1. The zero-order valence-corrected chi connectivity index (χ0v) is 11.1. The highest BCUT2D eigenvalue weighted by molar-refractivity contribution is 6.30. The Kier molecular flexibility index (Phi) is 3.77. The normalized spacial score (nSPS) is 19.5. The van der Waals surface area contributed by atoms with Crippen LogP contribution >= 0.6 is 11.6 Å². The Balaban J connectivity index is 1.68. The zero-order valence-electron chi connectivity index (χ0n) is 10.3. The van der Waals surface area contributed by atoms with Gasteiger partial charge in [0.1, 0.15) is 6.10 Å². The molecular weight excluding hydrogens is 266 g/mol. The quantitative estimate of drug-likeness (QED) is 0.931. The highest BCUT2D eigenvalue weighted by atomic mass is 35.5. The fourth-order valence-corrected chi connectivity index (χ4v) is 2.10. The van der Waals surface area contributed by atoms with E-state index >= 15 is 0 Å². The average Bonchev–Trinajstić information content (AvgIpc) is 2.91. The number of halogens is 1. The Bertz CT molecular complexity index is 535. The van der Waals surface area contributed by atoms with Crippen molar-refractivity contribution in [3.8, 4) is 0 Å². The van der Waals surface area contributed by atoms with E-state index < -0.39 is 0 Å². The highest BCUT2D eigenvalue weighted by Gasteiger charge is 2.22. The van der Waals surface area contributed by atoms with Crippen LogP contribution in [0, 0.1) is 0 Å². The highest BCUT2D eigenvalue weighted by Crippen LogP contribution is 2.18. The van der Waals surface area contributed by atoms with Crippen LogP contribution in [-0.2, 0) is 11.2 Å². The summed E-state index contributed by atoms with van der Waals surface area (Å²) in [5, 5.41) is 7.93. The fourth-order valence-electron chi connectivity index (χ4n) is 1.98. The van der Waals surface area contributed by atoms with Crippen molar-refractivity contribution in [3.63, 3.8) is 0 Å². The Hall–Kier alpha value is -1.43. The molecule has 1 atom stereocenters. The first-order valence-electron chi connectivity index (χ1n) is 6.20. The van der Waals surface area contributed by atoms with Crippen molar-refractivity contribution >= 4 is 11.6 Å². The summed E-state index contributed by atoms with van der Waals surface area (Å²) in [6, 6.07) is 7.62. The summed E-state index contributed by atoms with van der Waals surface area (Å²) < 4.78 is 10.8. The molecule has 0 spiro atoms. The minimum absolute atomic E-state index is 0.139. The smallest absolute Gasteiger partial charge is 0.257 e. The molecule has 1 aromatic heterocycles. The number of rotatable bonds is 3. The van der Waals surface area contributed by atoms with Gasteiger partial charge in [0.15, 0.2) is 5.82 Å². The molecule has 3 rings (SSSR count). The van der Waals surface area contributed by atoms with Gasteiger partial charge in [0.2, 0.25) is 0 Å². The molecule has 19 heavy (non-hydrogen) atoms. The summed E-state index contributed by atoms with van der Waals surface area (Å²) in [7, 11) is 0. The number of nitrogens with one attached hydrogen (secondary N) is 1. The predicted octanol–water partition coefficient (Wildman–Crippen LogP) is 1.97. The second-order valence-corrected chi connectivity index (χ2v) is 4.85. The Morgan fingerprint density at radius 3 is 2.89 bits per heavy atom. The number of aromatic nitrogens is 2. The lowest BCUT2D eigenvalue weighted by atomic mass is 10.1. The van der Waals surface area contributed by atoms with Crippen LogP contribution in [0.1, 0.15) is 23.4 Å². The van der Waals surface area contributed by atoms with Crippen LogP contribution in [0.4, 0.5) is 0 Å². The van der Waals surface area contributed by atoms with Crippen molar-refractivity contribution in [1.29, 1.82) is 0 Å². The third-order valence-electron chi connectivity index (χ3n) is 2.96. The van der Waals surface area contributed by atoms with Gasteiger partial charge in [-0.2, -0.15) is 4.98 Å². The van der Waals surface area contributed by atoms with Crippen LogP contribution in [0.2, 0.25) is 5.02 Å². The maximum Gasteiger partial charge on any atom is 0.257 e. The van der Waals surface area contributed by atoms with Crippen molar-refractivity contribution in [2.45, 2.75) is 12.5 Å². The van der Waals surface area contributed by atoms with E-state index in [2.05, 4.69) is 15.5 Å². The van der Waals surface area contributed by atoms with E-state index in [1.807, 2.05) is 24.3 Å². The van der Waals surface area contributed by atoms with Gasteiger partial charge in [-0.1, -0.05) is 28.9 Å². The number of hydrogen-bond acceptors (Lipinski definition) is 5. The molecule has 1 saturated heterocycles. The van der Waals surface area contributed by atoms with Gasteiger partial charge < -0.3 is 14.6 Å². The fraction of sp³-hybridized carbons (Fsp3) is 0.385. The number of ether oxygens (including phenoxy) is 1. The van der Waals surface area contributed by atoms with Crippen LogP contribution in [0.3, 0.4) is 0 Å². The molecule has 0 unspecified atom stereocenters.